The molecule has 2 unspecified atom stereocenters. The van der Waals surface area contributed by atoms with Gasteiger partial charge in [-0.25, -0.2) is 0 Å². The summed E-state index contributed by atoms with van der Waals surface area (Å²) in [5.74, 6) is -0.119. The van der Waals surface area contributed by atoms with Crippen LogP contribution in [0.2, 0.25) is 0 Å². The molecule has 0 spiro atoms. The fraction of sp³-hybridized carbons (Fsp3) is 0.843. The minimum absolute atomic E-state index is 0.0301. The first kappa shape index (κ1) is 55.1. The minimum atomic E-state index is -0.857. The van der Waals surface area contributed by atoms with Crippen molar-refractivity contribution in [1.29, 1.82) is 0 Å². The van der Waals surface area contributed by atoms with Gasteiger partial charge in [0.15, 0.2) is 0 Å². The van der Waals surface area contributed by atoms with Gasteiger partial charge in [0.2, 0.25) is 5.91 Å². The van der Waals surface area contributed by atoms with Gasteiger partial charge in [-0.05, 0) is 64.2 Å². The van der Waals surface area contributed by atoms with Crippen LogP contribution in [0.4, 0.5) is 0 Å². The number of carbonyl (C=O) groups is 2. The van der Waals surface area contributed by atoms with E-state index in [1.807, 2.05) is 6.08 Å². The van der Waals surface area contributed by atoms with Gasteiger partial charge in [0, 0.05) is 12.8 Å². The molecular weight excluding hydrogens is 707 g/mol. The van der Waals surface area contributed by atoms with Gasteiger partial charge in [-0.3, -0.25) is 9.59 Å². The van der Waals surface area contributed by atoms with Gasteiger partial charge < -0.3 is 20.3 Å². The standard InChI is InChI=1S/C51H95NO5/c1-3-5-7-9-11-13-15-17-19-21-25-29-33-37-41-45-51(56)57-46-42-38-34-30-26-22-24-28-32-36-40-44-50(55)52-48(47-53)49(54)43-39-35-31-27-23-20-18-16-14-12-10-8-6-4-2/h11,13,17,19,39,43,48-49,53-54H,3-10,12,14-16,18,20-38,40-42,44-47H2,1-2H3,(H,52,55)/b13-11-,19-17-,43-39+. The number of nitrogens with one attached hydrogen (secondary N) is 1. The molecule has 0 saturated heterocycles. The Hall–Kier alpha value is -1.92. The molecule has 6 heteroatoms. The largest absolute Gasteiger partial charge is 0.466 e. The summed E-state index contributed by atoms with van der Waals surface area (Å²) in [5.41, 5.74) is 0. The van der Waals surface area contributed by atoms with E-state index in [0.717, 1.165) is 70.6 Å². The van der Waals surface area contributed by atoms with Crippen LogP contribution < -0.4 is 5.32 Å². The van der Waals surface area contributed by atoms with Crippen LogP contribution >= 0.6 is 0 Å². The zero-order chi connectivity index (χ0) is 41.5. The lowest BCUT2D eigenvalue weighted by Gasteiger charge is -2.20. The SMILES string of the molecule is CCCCC/C=C\C/C=C\CCCCCCCC(=O)OCCCCCCCCCCCCCC(=O)NC(CO)C(O)/C=C/CCCCCCCCCCCCCC. The first-order valence-corrected chi connectivity index (χ1v) is 24.8. The number of aliphatic hydroxyl groups excluding tert-OH is 2. The zero-order valence-electron chi connectivity index (χ0n) is 37.8. The van der Waals surface area contributed by atoms with Crippen molar-refractivity contribution in [3.63, 3.8) is 0 Å². The van der Waals surface area contributed by atoms with Gasteiger partial charge in [-0.2, -0.15) is 0 Å². The second-order valence-corrected chi connectivity index (χ2v) is 16.8. The highest BCUT2D eigenvalue weighted by Gasteiger charge is 2.18. The average Bonchev–Trinajstić information content (AvgIpc) is 3.21. The average molecular weight is 802 g/mol. The Labute approximate surface area is 353 Å². The number of ether oxygens (including phenoxy) is 1. The third-order valence-electron chi connectivity index (χ3n) is 11.2. The summed E-state index contributed by atoms with van der Waals surface area (Å²) in [6.45, 7) is 4.81. The summed E-state index contributed by atoms with van der Waals surface area (Å²) in [6.07, 6.45) is 55.6. The van der Waals surface area contributed by atoms with E-state index in [-0.39, 0.29) is 18.5 Å². The van der Waals surface area contributed by atoms with Crippen molar-refractivity contribution >= 4 is 11.9 Å². The van der Waals surface area contributed by atoms with Crippen molar-refractivity contribution < 1.29 is 24.5 Å². The van der Waals surface area contributed by atoms with Crippen LogP contribution in [-0.4, -0.2) is 47.4 Å². The molecule has 3 N–H and O–H groups in total. The molecule has 1 amide bonds. The molecule has 0 saturated carbocycles. The van der Waals surface area contributed by atoms with Crippen LogP contribution in [0.15, 0.2) is 36.5 Å². The number of carbonyl (C=O) groups excluding carboxylic acids is 2. The second-order valence-electron chi connectivity index (χ2n) is 16.8. The van der Waals surface area contributed by atoms with E-state index in [9.17, 15) is 19.8 Å². The predicted octanol–water partition coefficient (Wildman–Crippen LogP) is 14.5. The third kappa shape index (κ3) is 43.5. The number of aliphatic hydroxyl groups is 2. The lowest BCUT2D eigenvalue weighted by molar-refractivity contribution is -0.143. The molecule has 2 atom stereocenters. The molecular formula is C51H95NO5. The Morgan fingerprint density at radius 1 is 0.491 bits per heavy atom. The van der Waals surface area contributed by atoms with Crippen molar-refractivity contribution in [2.45, 2.75) is 264 Å². The monoisotopic (exact) mass is 802 g/mol. The van der Waals surface area contributed by atoms with Gasteiger partial charge in [0.05, 0.1) is 25.4 Å². The van der Waals surface area contributed by atoms with Gasteiger partial charge in [0.25, 0.3) is 0 Å². The highest BCUT2D eigenvalue weighted by Crippen LogP contribution is 2.15. The Morgan fingerprint density at radius 3 is 1.37 bits per heavy atom. The number of esters is 1. The molecule has 0 fully saturated rings. The smallest absolute Gasteiger partial charge is 0.305 e. The summed E-state index contributed by atoms with van der Waals surface area (Å²) in [5, 5.41) is 23.0. The van der Waals surface area contributed by atoms with E-state index in [2.05, 4.69) is 43.5 Å². The lowest BCUT2D eigenvalue weighted by Crippen LogP contribution is -2.45. The Kier molecular flexibility index (Phi) is 45.2. The van der Waals surface area contributed by atoms with Crippen molar-refractivity contribution in [2.75, 3.05) is 13.2 Å². The summed E-state index contributed by atoms with van der Waals surface area (Å²) >= 11 is 0. The van der Waals surface area contributed by atoms with Crippen molar-refractivity contribution in [3.8, 4) is 0 Å². The van der Waals surface area contributed by atoms with Crippen LogP contribution in [0.25, 0.3) is 0 Å². The zero-order valence-corrected chi connectivity index (χ0v) is 37.8. The normalized spacial score (nSPS) is 13.0. The molecule has 0 aromatic heterocycles. The third-order valence-corrected chi connectivity index (χ3v) is 11.2. The van der Waals surface area contributed by atoms with E-state index < -0.39 is 12.1 Å². The van der Waals surface area contributed by atoms with Crippen molar-refractivity contribution in [1.82, 2.24) is 5.32 Å². The molecule has 57 heavy (non-hydrogen) atoms. The van der Waals surface area contributed by atoms with Gasteiger partial charge in [-0.1, -0.05) is 211 Å². The highest BCUT2D eigenvalue weighted by atomic mass is 16.5. The molecule has 0 aliphatic carbocycles. The summed E-state index contributed by atoms with van der Waals surface area (Å²) in [7, 11) is 0. The fourth-order valence-corrected chi connectivity index (χ4v) is 7.31. The molecule has 0 radical (unpaired) electrons. The number of hydrogen-bond acceptors (Lipinski definition) is 5. The lowest BCUT2D eigenvalue weighted by atomic mass is 10.0. The Morgan fingerprint density at radius 2 is 0.877 bits per heavy atom. The first-order valence-electron chi connectivity index (χ1n) is 24.8. The summed E-state index contributed by atoms with van der Waals surface area (Å²) in [4.78, 5) is 24.4. The van der Waals surface area contributed by atoms with Crippen LogP contribution in [0.3, 0.4) is 0 Å². The Balaban J connectivity index is 3.52. The van der Waals surface area contributed by atoms with Gasteiger partial charge in [-0.15, -0.1) is 0 Å². The van der Waals surface area contributed by atoms with Crippen LogP contribution in [-0.2, 0) is 14.3 Å². The number of hydrogen-bond donors (Lipinski definition) is 3. The molecule has 334 valence electrons. The van der Waals surface area contributed by atoms with Crippen LogP contribution in [0.5, 0.6) is 0 Å². The molecule has 0 aliphatic heterocycles. The minimum Gasteiger partial charge on any atom is -0.466 e. The predicted molar refractivity (Wildman–Crippen MR) is 246 cm³/mol. The van der Waals surface area contributed by atoms with E-state index in [4.69, 9.17) is 4.74 Å². The quantitative estimate of drug-likeness (QED) is 0.0324. The van der Waals surface area contributed by atoms with Crippen LogP contribution in [0, 0.1) is 0 Å². The number of unbranched alkanes of at least 4 members (excludes halogenated alkanes) is 30. The molecule has 0 aromatic rings. The molecule has 0 aromatic carbocycles. The van der Waals surface area contributed by atoms with E-state index >= 15 is 0 Å². The molecule has 0 aliphatic rings. The van der Waals surface area contributed by atoms with Gasteiger partial charge in [0.1, 0.15) is 0 Å². The topological polar surface area (TPSA) is 95.9 Å². The van der Waals surface area contributed by atoms with E-state index in [1.165, 1.54) is 154 Å². The molecule has 0 heterocycles. The van der Waals surface area contributed by atoms with Crippen molar-refractivity contribution in [3.05, 3.63) is 36.5 Å². The molecule has 6 nitrogen and oxygen atoms in total. The number of rotatable bonds is 45. The van der Waals surface area contributed by atoms with E-state index in [1.54, 1.807) is 6.08 Å². The first-order chi connectivity index (χ1) is 28.0. The summed E-state index contributed by atoms with van der Waals surface area (Å²) < 4.78 is 5.44. The maximum absolute atomic E-state index is 12.4. The Bertz CT molecular complexity index is 931. The summed E-state index contributed by atoms with van der Waals surface area (Å²) in [6, 6.07) is -0.642. The second kappa shape index (κ2) is 46.8. The maximum Gasteiger partial charge on any atom is 0.305 e. The van der Waals surface area contributed by atoms with Gasteiger partial charge >= 0.3 is 5.97 Å². The molecule has 0 bridgehead atoms. The number of allylic oxidation sites excluding steroid dienone is 5. The fourth-order valence-electron chi connectivity index (χ4n) is 7.31. The van der Waals surface area contributed by atoms with Crippen molar-refractivity contribution in [2.24, 2.45) is 0 Å². The highest BCUT2D eigenvalue weighted by molar-refractivity contribution is 5.76. The van der Waals surface area contributed by atoms with Crippen LogP contribution in [0.1, 0.15) is 251 Å². The van der Waals surface area contributed by atoms with E-state index in [0.29, 0.717) is 19.4 Å². The maximum atomic E-state index is 12.4. The number of amides is 1. The molecule has 0 rings (SSSR count).